The number of benzene rings is 2. The van der Waals surface area contributed by atoms with Crippen LogP contribution in [0.25, 0.3) is 11.1 Å². The van der Waals surface area contributed by atoms with Gasteiger partial charge in [-0.15, -0.1) is 0 Å². The third-order valence-electron chi connectivity index (χ3n) is 5.05. The zero-order valence-corrected chi connectivity index (χ0v) is 16.1. The molecule has 0 aliphatic carbocycles. The first kappa shape index (κ1) is 19.7. The van der Waals surface area contributed by atoms with Crippen LogP contribution in [-0.2, 0) is 6.42 Å². The van der Waals surface area contributed by atoms with Crippen molar-refractivity contribution >= 4 is 0 Å². The third-order valence-corrected chi connectivity index (χ3v) is 5.05. The molecule has 0 radical (unpaired) electrons. The molecule has 2 aromatic carbocycles. The molecule has 2 aromatic rings. The summed E-state index contributed by atoms with van der Waals surface area (Å²) in [6.07, 6.45) is 6.56. The number of alkyl halides is 1. The molecule has 0 heterocycles. The predicted molar refractivity (Wildman–Crippen MR) is 108 cm³/mol. The summed E-state index contributed by atoms with van der Waals surface area (Å²) in [6.45, 7) is 6.41. The minimum atomic E-state index is -0.681. The van der Waals surface area contributed by atoms with Crippen LogP contribution in [0.4, 0.5) is 4.39 Å². The van der Waals surface area contributed by atoms with Crippen LogP contribution in [0.2, 0.25) is 0 Å². The molecule has 25 heavy (non-hydrogen) atoms. The van der Waals surface area contributed by atoms with E-state index >= 15 is 0 Å². The highest BCUT2D eigenvalue weighted by Crippen LogP contribution is 2.27. The number of hydrogen-bond donors (Lipinski definition) is 0. The van der Waals surface area contributed by atoms with Crippen molar-refractivity contribution in [3.05, 3.63) is 59.7 Å². The van der Waals surface area contributed by atoms with E-state index in [1.165, 1.54) is 47.9 Å². The predicted octanol–water partition coefficient (Wildman–Crippen LogP) is 7.72. The van der Waals surface area contributed by atoms with Gasteiger partial charge in [-0.05, 0) is 53.9 Å². The first-order valence-corrected chi connectivity index (χ1v) is 9.97. The van der Waals surface area contributed by atoms with Crippen molar-refractivity contribution in [3.63, 3.8) is 0 Å². The fraction of sp³-hybridized carbons (Fsp3) is 0.500. The lowest BCUT2D eigenvalue weighted by atomic mass is 9.92. The van der Waals surface area contributed by atoms with Crippen LogP contribution in [-0.4, -0.2) is 6.17 Å². The molecular weight excluding hydrogens is 307 g/mol. The van der Waals surface area contributed by atoms with E-state index in [4.69, 9.17) is 0 Å². The first-order chi connectivity index (χ1) is 12.1. The summed E-state index contributed by atoms with van der Waals surface area (Å²) in [5.74, 6) is 0.275. The Bertz CT molecular complexity index is 597. The lowest BCUT2D eigenvalue weighted by Gasteiger charge is -2.15. The van der Waals surface area contributed by atoms with Crippen molar-refractivity contribution in [2.75, 3.05) is 0 Å². The van der Waals surface area contributed by atoms with Gasteiger partial charge in [0.25, 0.3) is 0 Å². The van der Waals surface area contributed by atoms with Gasteiger partial charge in [-0.25, -0.2) is 4.39 Å². The van der Waals surface area contributed by atoms with E-state index in [-0.39, 0.29) is 5.92 Å². The average molecular weight is 341 g/mol. The van der Waals surface area contributed by atoms with Gasteiger partial charge in [-0.3, -0.25) is 0 Å². The Kier molecular flexibility index (Phi) is 8.18. The monoisotopic (exact) mass is 340 g/mol. The topological polar surface area (TPSA) is 0 Å². The molecule has 2 unspecified atom stereocenters. The molecule has 0 spiro atoms. The lowest BCUT2D eigenvalue weighted by molar-refractivity contribution is 0.280. The SMILES string of the molecule is CCCCCc1ccc(-c2ccc(C(C)CC(F)CCC)cc2)cc1. The summed E-state index contributed by atoms with van der Waals surface area (Å²) < 4.78 is 13.8. The zero-order chi connectivity index (χ0) is 18.1. The third kappa shape index (κ3) is 6.30. The van der Waals surface area contributed by atoms with Gasteiger partial charge in [0.05, 0.1) is 0 Å². The Balaban J connectivity index is 1.97. The Morgan fingerprint density at radius 3 is 1.96 bits per heavy atom. The minimum Gasteiger partial charge on any atom is -0.247 e. The standard InChI is InChI=1S/C24H33F/c1-4-6-7-9-20-10-12-22(13-11-20)23-16-14-21(15-17-23)19(3)18-24(25)8-5-2/h10-17,19,24H,4-9,18H2,1-3H3. The van der Waals surface area contributed by atoms with E-state index in [1.807, 2.05) is 6.92 Å². The summed E-state index contributed by atoms with van der Waals surface area (Å²) in [7, 11) is 0. The van der Waals surface area contributed by atoms with Crippen molar-refractivity contribution in [1.29, 1.82) is 0 Å². The van der Waals surface area contributed by atoms with Crippen molar-refractivity contribution in [3.8, 4) is 11.1 Å². The fourth-order valence-corrected chi connectivity index (χ4v) is 3.40. The maximum Gasteiger partial charge on any atom is 0.101 e. The molecule has 0 saturated carbocycles. The number of aryl methyl sites for hydroxylation is 1. The molecule has 2 rings (SSSR count). The Morgan fingerprint density at radius 2 is 1.40 bits per heavy atom. The van der Waals surface area contributed by atoms with Gasteiger partial charge >= 0.3 is 0 Å². The van der Waals surface area contributed by atoms with E-state index in [0.29, 0.717) is 12.8 Å². The normalized spacial score (nSPS) is 13.6. The van der Waals surface area contributed by atoms with E-state index in [1.54, 1.807) is 0 Å². The van der Waals surface area contributed by atoms with Gasteiger partial charge in [0.2, 0.25) is 0 Å². The van der Waals surface area contributed by atoms with Gasteiger partial charge < -0.3 is 0 Å². The van der Waals surface area contributed by atoms with Crippen LogP contribution in [0.15, 0.2) is 48.5 Å². The van der Waals surface area contributed by atoms with E-state index < -0.39 is 6.17 Å². The first-order valence-electron chi connectivity index (χ1n) is 9.97. The van der Waals surface area contributed by atoms with Crippen LogP contribution in [0, 0.1) is 0 Å². The Morgan fingerprint density at radius 1 is 0.800 bits per heavy atom. The van der Waals surface area contributed by atoms with E-state index in [0.717, 1.165) is 6.42 Å². The molecule has 1 heteroatoms. The average Bonchev–Trinajstić information content (AvgIpc) is 2.63. The van der Waals surface area contributed by atoms with Crippen molar-refractivity contribution < 1.29 is 4.39 Å². The van der Waals surface area contributed by atoms with E-state index in [9.17, 15) is 4.39 Å². The van der Waals surface area contributed by atoms with Gasteiger partial charge in [-0.2, -0.15) is 0 Å². The van der Waals surface area contributed by atoms with Crippen LogP contribution < -0.4 is 0 Å². The second-order valence-corrected chi connectivity index (χ2v) is 7.30. The number of unbranched alkanes of at least 4 members (excludes halogenated alkanes) is 2. The molecule has 0 aromatic heterocycles. The molecular formula is C24H33F. The molecule has 0 N–H and O–H groups in total. The van der Waals surface area contributed by atoms with E-state index in [2.05, 4.69) is 62.4 Å². The van der Waals surface area contributed by atoms with Crippen LogP contribution in [0.1, 0.15) is 76.3 Å². The highest BCUT2D eigenvalue weighted by Gasteiger charge is 2.13. The molecule has 0 fully saturated rings. The number of halogens is 1. The van der Waals surface area contributed by atoms with Gasteiger partial charge in [0.1, 0.15) is 6.17 Å². The maximum absolute atomic E-state index is 13.8. The smallest absolute Gasteiger partial charge is 0.101 e. The van der Waals surface area contributed by atoms with Crippen LogP contribution in [0.5, 0.6) is 0 Å². The maximum atomic E-state index is 13.8. The molecule has 0 aliphatic heterocycles. The lowest BCUT2D eigenvalue weighted by Crippen LogP contribution is -2.05. The quantitative estimate of drug-likeness (QED) is 0.388. The van der Waals surface area contributed by atoms with Gasteiger partial charge in [-0.1, -0.05) is 88.6 Å². The highest BCUT2D eigenvalue weighted by molar-refractivity contribution is 5.64. The van der Waals surface area contributed by atoms with Crippen LogP contribution >= 0.6 is 0 Å². The number of rotatable bonds is 10. The summed E-state index contributed by atoms with van der Waals surface area (Å²) in [6, 6.07) is 17.6. The number of hydrogen-bond acceptors (Lipinski definition) is 0. The largest absolute Gasteiger partial charge is 0.247 e. The summed E-state index contributed by atoms with van der Waals surface area (Å²) in [5.41, 5.74) is 5.15. The molecule has 0 nitrogen and oxygen atoms in total. The zero-order valence-electron chi connectivity index (χ0n) is 16.1. The van der Waals surface area contributed by atoms with Crippen molar-refractivity contribution in [2.24, 2.45) is 0 Å². The Hall–Kier alpha value is -1.63. The molecule has 0 amide bonds. The fourth-order valence-electron chi connectivity index (χ4n) is 3.40. The highest BCUT2D eigenvalue weighted by atomic mass is 19.1. The van der Waals surface area contributed by atoms with Crippen LogP contribution in [0.3, 0.4) is 0 Å². The molecule has 0 aliphatic rings. The minimum absolute atomic E-state index is 0.275. The molecule has 136 valence electrons. The second-order valence-electron chi connectivity index (χ2n) is 7.30. The van der Waals surface area contributed by atoms with Crippen molar-refractivity contribution in [2.45, 2.75) is 77.8 Å². The molecule has 0 saturated heterocycles. The molecule has 0 bridgehead atoms. The summed E-state index contributed by atoms with van der Waals surface area (Å²) in [5, 5.41) is 0. The molecule has 2 atom stereocenters. The summed E-state index contributed by atoms with van der Waals surface area (Å²) in [4.78, 5) is 0. The van der Waals surface area contributed by atoms with Gasteiger partial charge in [0.15, 0.2) is 0 Å². The second kappa shape index (κ2) is 10.4. The summed E-state index contributed by atoms with van der Waals surface area (Å²) >= 11 is 0. The van der Waals surface area contributed by atoms with Gasteiger partial charge in [0, 0.05) is 0 Å². The Labute approximate surface area is 153 Å². The van der Waals surface area contributed by atoms with Crippen molar-refractivity contribution in [1.82, 2.24) is 0 Å².